The second-order valence-electron chi connectivity index (χ2n) is 8.67. The van der Waals surface area contributed by atoms with Gasteiger partial charge in [0.15, 0.2) is 0 Å². The number of rotatable bonds is 10. The van der Waals surface area contributed by atoms with Gasteiger partial charge in [0, 0.05) is 13.0 Å². The highest BCUT2D eigenvalue weighted by atomic mass is 32.2. The van der Waals surface area contributed by atoms with E-state index in [1.165, 1.54) is 10.6 Å². The highest BCUT2D eigenvalue weighted by Gasteiger charge is 2.19. The zero-order valence-corrected chi connectivity index (χ0v) is 21.0. The van der Waals surface area contributed by atoms with Crippen LogP contribution in [0.1, 0.15) is 67.8 Å². The summed E-state index contributed by atoms with van der Waals surface area (Å²) in [6, 6.07) is 11.3. The van der Waals surface area contributed by atoms with Gasteiger partial charge in [0.05, 0.1) is 25.1 Å². The topological polar surface area (TPSA) is 75.7 Å². The van der Waals surface area contributed by atoms with Gasteiger partial charge in [-0.15, -0.1) is 0 Å². The SMILES string of the molecule is COc1cc(C)c([C@H](C)NC(=O)CCCN(c2cccc(C)c2)S(C)(=O)=O)cc1C(C)C. The molecule has 0 aromatic heterocycles. The van der Waals surface area contributed by atoms with Crippen LogP contribution in [0.4, 0.5) is 5.69 Å². The number of carbonyl (C=O) groups excluding carboxylic acids is 1. The molecule has 2 aromatic rings. The van der Waals surface area contributed by atoms with Gasteiger partial charge < -0.3 is 10.1 Å². The highest BCUT2D eigenvalue weighted by molar-refractivity contribution is 7.92. The third-order valence-electron chi connectivity index (χ3n) is 5.54. The van der Waals surface area contributed by atoms with Crippen molar-refractivity contribution in [3.63, 3.8) is 0 Å². The second-order valence-corrected chi connectivity index (χ2v) is 10.6. The van der Waals surface area contributed by atoms with E-state index in [0.29, 0.717) is 18.0 Å². The lowest BCUT2D eigenvalue weighted by atomic mass is 9.93. The van der Waals surface area contributed by atoms with E-state index in [-0.39, 0.29) is 24.9 Å². The minimum absolute atomic E-state index is 0.100. The van der Waals surface area contributed by atoms with Gasteiger partial charge in [-0.2, -0.15) is 0 Å². The number of nitrogens with zero attached hydrogens (tertiary/aromatic N) is 1. The number of aryl methyl sites for hydroxylation is 2. The van der Waals surface area contributed by atoms with Crippen LogP contribution in [-0.2, 0) is 14.8 Å². The number of hydrogen-bond donors (Lipinski definition) is 1. The fourth-order valence-electron chi connectivity index (χ4n) is 3.85. The van der Waals surface area contributed by atoms with Crippen molar-refractivity contribution in [3.8, 4) is 5.75 Å². The van der Waals surface area contributed by atoms with Crippen LogP contribution in [0.2, 0.25) is 0 Å². The zero-order valence-electron chi connectivity index (χ0n) is 20.2. The molecule has 0 fully saturated rings. The summed E-state index contributed by atoms with van der Waals surface area (Å²) in [4.78, 5) is 12.6. The van der Waals surface area contributed by atoms with Crippen molar-refractivity contribution in [2.75, 3.05) is 24.2 Å². The molecule has 0 aliphatic rings. The summed E-state index contributed by atoms with van der Waals surface area (Å²) in [5, 5.41) is 3.05. The predicted octanol–water partition coefficient (Wildman–Crippen LogP) is 4.86. The third-order valence-corrected chi connectivity index (χ3v) is 6.73. The molecule has 0 saturated carbocycles. The Hall–Kier alpha value is -2.54. The highest BCUT2D eigenvalue weighted by Crippen LogP contribution is 2.32. The zero-order chi connectivity index (χ0) is 24.1. The first-order valence-electron chi connectivity index (χ1n) is 11.0. The van der Waals surface area contributed by atoms with Crippen LogP contribution in [0.3, 0.4) is 0 Å². The minimum Gasteiger partial charge on any atom is -0.496 e. The van der Waals surface area contributed by atoms with Crippen molar-refractivity contribution in [3.05, 3.63) is 58.7 Å². The summed E-state index contributed by atoms with van der Waals surface area (Å²) in [6.45, 7) is 10.4. The lowest BCUT2D eigenvalue weighted by Gasteiger charge is -2.23. The number of hydrogen-bond acceptors (Lipinski definition) is 4. The van der Waals surface area contributed by atoms with Gasteiger partial charge in [-0.25, -0.2) is 8.42 Å². The van der Waals surface area contributed by atoms with Gasteiger partial charge in [0.25, 0.3) is 0 Å². The summed E-state index contributed by atoms with van der Waals surface area (Å²) in [5.41, 5.74) is 4.83. The second kappa shape index (κ2) is 10.9. The molecule has 1 atom stereocenters. The molecule has 2 aromatic carbocycles. The number of benzene rings is 2. The van der Waals surface area contributed by atoms with Crippen molar-refractivity contribution >= 4 is 21.6 Å². The molecule has 1 N–H and O–H groups in total. The van der Waals surface area contributed by atoms with Gasteiger partial charge in [-0.3, -0.25) is 9.10 Å². The van der Waals surface area contributed by atoms with Crippen molar-refractivity contribution in [2.24, 2.45) is 0 Å². The maximum Gasteiger partial charge on any atom is 0.232 e. The van der Waals surface area contributed by atoms with Crippen molar-refractivity contribution in [1.29, 1.82) is 0 Å². The number of methoxy groups -OCH3 is 1. The Kier molecular flexibility index (Phi) is 8.73. The molecule has 0 unspecified atom stereocenters. The predicted molar refractivity (Wildman–Crippen MR) is 131 cm³/mol. The molecular formula is C25H36N2O4S. The summed E-state index contributed by atoms with van der Waals surface area (Å²) < 4.78 is 31.4. The molecule has 0 aliphatic carbocycles. The summed E-state index contributed by atoms with van der Waals surface area (Å²) in [7, 11) is -1.77. The van der Waals surface area contributed by atoms with E-state index in [1.807, 2.05) is 45.0 Å². The average molecular weight is 461 g/mol. The van der Waals surface area contributed by atoms with Crippen molar-refractivity contribution in [1.82, 2.24) is 5.32 Å². The Morgan fingerprint density at radius 2 is 1.78 bits per heavy atom. The number of ether oxygens (including phenoxy) is 1. The van der Waals surface area contributed by atoms with E-state index in [9.17, 15) is 13.2 Å². The van der Waals surface area contributed by atoms with Gasteiger partial charge in [-0.05, 0) is 79.6 Å². The van der Waals surface area contributed by atoms with E-state index >= 15 is 0 Å². The van der Waals surface area contributed by atoms with Crippen LogP contribution in [-0.4, -0.2) is 34.2 Å². The quantitative estimate of drug-likeness (QED) is 0.549. The average Bonchev–Trinajstić information content (AvgIpc) is 2.69. The molecule has 0 aliphatic heterocycles. The smallest absolute Gasteiger partial charge is 0.232 e. The van der Waals surface area contributed by atoms with Crippen LogP contribution in [0.5, 0.6) is 5.75 Å². The molecular weight excluding hydrogens is 424 g/mol. The molecule has 6 nitrogen and oxygen atoms in total. The van der Waals surface area contributed by atoms with E-state index in [1.54, 1.807) is 13.2 Å². The van der Waals surface area contributed by atoms with Crippen LogP contribution in [0.25, 0.3) is 0 Å². The standard InChI is InChI=1S/C25H36N2O4S/c1-17(2)22-16-23(19(4)15-24(22)31-6)20(5)26-25(28)12-9-13-27(32(7,29)30)21-11-8-10-18(3)14-21/h8,10-11,14-17,20H,9,12-13H2,1-7H3,(H,26,28)/t20-/m0/s1. The maximum atomic E-state index is 12.6. The molecule has 0 radical (unpaired) electrons. The minimum atomic E-state index is -3.43. The molecule has 7 heteroatoms. The number of anilines is 1. The summed E-state index contributed by atoms with van der Waals surface area (Å²) in [5.74, 6) is 1.06. The maximum absolute atomic E-state index is 12.6. The van der Waals surface area contributed by atoms with Crippen LogP contribution in [0.15, 0.2) is 36.4 Å². The number of amides is 1. The molecule has 176 valence electrons. The molecule has 1 amide bonds. The summed E-state index contributed by atoms with van der Waals surface area (Å²) >= 11 is 0. The van der Waals surface area contributed by atoms with E-state index < -0.39 is 10.0 Å². The van der Waals surface area contributed by atoms with Gasteiger partial charge in [0.1, 0.15) is 5.75 Å². The monoisotopic (exact) mass is 460 g/mol. The molecule has 32 heavy (non-hydrogen) atoms. The largest absolute Gasteiger partial charge is 0.496 e. The number of carbonyl (C=O) groups is 1. The molecule has 0 bridgehead atoms. The fourth-order valence-corrected chi connectivity index (χ4v) is 4.81. The van der Waals surface area contributed by atoms with E-state index in [4.69, 9.17) is 4.74 Å². The van der Waals surface area contributed by atoms with Crippen LogP contribution in [0, 0.1) is 13.8 Å². The lowest BCUT2D eigenvalue weighted by molar-refractivity contribution is -0.121. The molecule has 0 saturated heterocycles. The van der Waals surface area contributed by atoms with Gasteiger partial charge in [0.2, 0.25) is 15.9 Å². The molecule has 0 spiro atoms. The van der Waals surface area contributed by atoms with Gasteiger partial charge >= 0.3 is 0 Å². The van der Waals surface area contributed by atoms with Crippen molar-refractivity contribution in [2.45, 2.75) is 59.4 Å². The Bertz CT molecular complexity index is 1050. The first-order chi connectivity index (χ1) is 14.9. The van der Waals surface area contributed by atoms with Crippen LogP contribution < -0.4 is 14.4 Å². The van der Waals surface area contributed by atoms with E-state index in [0.717, 1.165) is 28.0 Å². The molecule has 0 heterocycles. The summed E-state index contributed by atoms with van der Waals surface area (Å²) in [6.07, 6.45) is 1.86. The first-order valence-corrected chi connectivity index (χ1v) is 12.8. The Morgan fingerprint density at radius 1 is 1.09 bits per heavy atom. The Labute approximate surface area is 193 Å². The van der Waals surface area contributed by atoms with Crippen molar-refractivity contribution < 1.29 is 17.9 Å². The normalized spacial score (nSPS) is 12.5. The van der Waals surface area contributed by atoms with Gasteiger partial charge in [-0.1, -0.05) is 26.0 Å². The van der Waals surface area contributed by atoms with E-state index in [2.05, 4.69) is 25.2 Å². The Balaban J connectivity index is 2.04. The Morgan fingerprint density at radius 3 is 2.34 bits per heavy atom. The number of sulfonamides is 1. The third kappa shape index (κ3) is 6.73. The fraction of sp³-hybridized carbons (Fsp3) is 0.480. The lowest BCUT2D eigenvalue weighted by Crippen LogP contribution is -2.32. The molecule has 2 rings (SSSR count). The van der Waals surface area contributed by atoms with Crippen LogP contribution >= 0.6 is 0 Å². The number of nitrogens with one attached hydrogen (secondary N) is 1. The first kappa shape index (κ1) is 25.7.